The highest BCUT2D eigenvalue weighted by Gasteiger charge is 2.26. The Hall–Kier alpha value is -1.98. The van der Waals surface area contributed by atoms with Gasteiger partial charge in [-0.1, -0.05) is 30.3 Å². The molecular weight excluding hydrogens is 416 g/mol. The highest BCUT2D eigenvalue weighted by atomic mass is 79.9. The Bertz CT molecular complexity index is 838. The zero-order valence-corrected chi connectivity index (χ0v) is 15.5. The summed E-state index contributed by atoms with van der Waals surface area (Å²) in [6.07, 6.45) is 0.516. The lowest BCUT2D eigenvalue weighted by Crippen LogP contribution is -2.11. The van der Waals surface area contributed by atoms with Crippen LogP contribution in [0.15, 0.2) is 34.9 Å². The van der Waals surface area contributed by atoms with E-state index in [2.05, 4.69) is 26.3 Å². The van der Waals surface area contributed by atoms with Gasteiger partial charge in [-0.2, -0.15) is 5.10 Å². The second kappa shape index (κ2) is 8.41. The van der Waals surface area contributed by atoms with E-state index < -0.39 is 20.8 Å². The van der Waals surface area contributed by atoms with Crippen molar-refractivity contribution in [2.45, 2.75) is 25.9 Å². The predicted octanol–water partition coefficient (Wildman–Crippen LogP) is 2.49. The summed E-state index contributed by atoms with van der Waals surface area (Å²) in [7, 11) is -4.26. The molecule has 9 nitrogen and oxygen atoms in total. The van der Waals surface area contributed by atoms with Crippen LogP contribution in [0, 0.1) is 10.1 Å². The first-order valence-corrected chi connectivity index (χ1v) is 9.77. The van der Waals surface area contributed by atoms with Crippen molar-refractivity contribution in [3.8, 4) is 0 Å². The molecule has 0 aliphatic carbocycles. The van der Waals surface area contributed by atoms with Crippen molar-refractivity contribution in [3.63, 3.8) is 0 Å². The van der Waals surface area contributed by atoms with E-state index in [0.717, 1.165) is 5.56 Å². The molecular formula is C14H16BrN4O5S-. The number of rotatable bonds is 9. The average Bonchev–Trinajstić information content (AvgIpc) is 2.85. The van der Waals surface area contributed by atoms with Crippen LogP contribution in [0.4, 0.5) is 11.5 Å². The first kappa shape index (κ1) is 19.3. The molecule has 0 saturated carbocycles. The Morgan fingerprint density at radius 2 is 1.92 bits per heavy atom. The SMILES string of the molecule is O=[N+]([O-])c1c(Br)nn(CCCCS(=O)(=O)[O-])c1NCc1ccccc1. The van der Waals surface area contributed by atoms with Crippen molar-refractivity contribution in [1.82, 2.24) is 9.78 Å². The summed E-state index contributed by atoms with van der Waals surface area (Å²) in [5, 5.41) is 18.4. The molecule has 2 aromatic rings. The molecule has 25 heavy (non-hydrogen) atoms. The minimum atomic E-state index is -4.26. The standard InChI is InChI=1S/C14H17BrN4O5S/c15-13-12(19(20)21)14(16-10-11-6-2-1-3-7-11)18(17-13)8-4-5-9-25(22,23)24/h1-3,6-7,16H,4-5,8-10H2,(H,22,23,24)/p-1. The summed E-state index contributed by atoms with van der Waals surface area (Å²) in [6.45, 7) is 0.619. The van der Waals surface area contributed by atoms with Crippen LogP contribution in [0.5, 0.6) is 0 Å². The van der Waals surface area contributed by atoms with E-state index in [9.17, 15) is 23.1 Å². The van der Waals surface area contributed by atoms with Gasteiger partial charge in [0.15, 0.2) is 0 Å². The Morgan fingerprint density at radius 3 is 2.52 bits per heavy atom. The average molecular weight is 432 g/mol. The topological polar surface area (TPSA) is 130 Å². The first-order chi connectivity index (χ1) is 11.8. The molecule has 2 rings (SSSR count). The third-order valence-corrected chi connectivity index (χ3v) is 4.71. The van der Waals surface area contributed by atoms with Crippen LogP contribution in [0.25, 0.3) is 0 Å². The number of nitro groups is 1. The third-order valence-electron chi connectivity index (χ3n) is 3.39. The minimum Gasteiger partial charge on any atom is -0.748 e. The largest absolute Gasteiger partial charge is 0.748 e. The second-order valence-electron chi connectivity index (χ2n) is 5.28. The van der Waals surface area contributed by atoms with Crippen molar-refractivity contribution in [2.75, 3.05) is 11.1 Å². The number of nitrogens with zero attached hydrogens (tertiary/aromatic N) is 3. The number of anilines is 1. The lowest BCUT2D eigenvalue weighted by Gasteiger charge is -2.10. The highest BCUT2D eigenvalue weighted by Crippen LogP contribution is 2.33. The van der Waals surface area contributed by atoms with Gasteiger partial charge < -0.3 is 9.87 Å². The van der Waals surface area contributed by atoms with Gasteiger partial charge in [0.05, 0.1) is 15.0 Å². The van der Waals surface area contributed by atoms with Crippen LogP contribution in [-0.2, 0) is 23.2 Å². The molecule has 136 valence electrons. The van der Waals surface area contributed by atoms with Gasteiger partial charge in [0.2, 0.25) is 10.4 Å². The Morgan fingerprint density at radius 1 is 1.24 bits per heavy atom. The predicted molar refractivity (Wildman–Crippen MR) is 94.1 cm³/mol. The first-order valence-electron chi connectivity index (χ1n) is 7.40. The maximum Gasteiger partial charge on any atom is 0.345 e. The third kappa shape index (κ3) is 5.80. The molecule has 0 bridgehead atoms. The number of unbranched alkanes of at least 4 members (excludes halogenated alkanes) is 1. The van der Waals surface area contributed by atoms with Crippen LogP contribution in [0.1, 0.15) is 18.4 Å². The van der Waals surface area contributed by atoms with Gasteiger partial charge in [-0.05, 0) is 34.3 Å². The van der Waals surface area contributed by atoms with E-state index in [-0.39, 0.29) is 29.1 Å². The number of aromatic nitrogens is 2. The van der Waals surface area contributed by atoms with Crippen LogP contribution in [0.2, 0.25) is 0 Å². The molecule has 1 heterocycles. The lowest BCUT2D eigenvalue weighted by molar-refractivity contribution is -0.384. The summed E-state index contributed by atoms with van der Waals surface area (Å²) < 4.78 is 33.4. The van der Waals surface area contributed by atoms with E-state index in [1.54, 1.807) is 0 Å². The maximum atomic E-state index is 11.3. The Kier molecular flexibility index (Phi) is 6.51. The van der Waals surface area contributed by atoms with Gasteiger partial charge in [0.1, 0.15) is 0 Å². The maximum absolute atomic E-state index is 11.3. The van der Waals surface area contributed by atoms with E-state index in [4.69, 9.17) is 0 Å². The van der Waals surface area contributed by atoms with Crippen LogP contribution >= 0.6 is 15.9 Å². The summed E-state index contributed by atoms with van der Waals surface area (Å²) in [6, 6.07) is 9.36. The smallest absolute Gasteiger partial charge is 0.345 e. The van der Waals surface area contributed by atoms with Crippen molar-refractivity contribution in [2.24, 2.45) is 0 Å². The molecule has 0 aliphatic heterocycles. The summed E-state index contributed by atoms with van der Waals surface area (Å²) in [5.41, 5.74) is 0.755. The zero-order chi connectivity index (χ0) is 18.4. The molecule has 0 unspecified atom stereocenters. The van der Waals surface area contributed by atoms with Gasteiger partial charge in [-0.25, -0.2) is 13.1 Å². The van der Waals surface area contributed by atoms with Gasteiger partial charge in [-0.3, -0.25) is 10.1 Å². The zero-order valence-electron chi connectivity index (χ0n) is 13.1. The fraction of sp³-hybridized carbons (Fsp3) is 0.357. The monoisotopic (exact) mass is 431 g/mol. The normalized spacial score (nSPS) is 11.4. The van der Waals surface area contributed by atoms with Gasteiger partial charge >= 0.3 is 5.69 Å². The van der Waals surface area contributed by atoms with E-state index in [1.807, 2.05) is 30.3 Å². The van der Waals surface area contributed by atoms with Crippen LogP contribution in [-0.4, -0.2) is 33.4 Å². The van der Waals surface area contributed by atoms with Crippen molar-refractivity contribution >= 4 is 37.6 Å². The van der Waals surface area contributed by atoms with Crippen LogP contribution < -0.4 is 5.32 Å². The lowest BCUT2D eigenvalue weighted by atomic mass is 10.2. The molecule has 0 amide bonds. The van der Waals surface area contributed by atoms with E-state index in [1.165, 1.54) is 4.68 Å². The molecule has 0 radical (unpaired) electrons. The molecule has 0 saturated heterocycles. The number of benzene rings is 1. The molecule has 0 spiro atoms. The summed E-state index contributed by atoms with van der Waals surface area (Å²) in [4.78, 5) is 10.8. The van der Waals surface area contributed by atoms with E-state index >= 15 is 0 Å². The summed E-state index contributed by atoms with van der Waals surface area (Å²) >= 11 is 3.08. The van der Waals surface area contributed by atoms with Gasteiger partial charge in [0.25, 0.3) is 0 Å². The van der Waals surface area contributed by atoms with Gasteiger partial charge in [0, 0.05) is 18.8 Å². The number of hydrogen-bond donors (Lipinski definition) is 1. The molecule has 1 aromatic heterocycles. The van der Waals surface area contributed by atoms with Crippen LogP contribution in [0.3, 0.4) is 0 Å². The molecule has 0 atom stereocenters. The Labute approximate surface area is 153 Å². The fourth-order valence-electron chi connectivity index (χ4n) is 2.24. The number of halogens is 1. The summed E-state index contributed by atoms with van der Waals surface area (Å²) in [5.74, 6) is -0.240. The molecule has 0 aliphatic rings. The Balaban J connectivity index is 2.12. The quantitative estimate of drug-likeness (QED) is 0.279. The molecule has 1 N–H and O–H groups in total. The van der Waals surface area contributed by atoms with Gasteiger partial charge in [-0.15, -0.1) is 0 Å². The second-order valence-corrected chi connectivity index (χ2v) is 7.55. The van der Waals surface area contributed by atoms with Crippen molar-refractivity contribution < 1.29 is 17.9 Å². The number of hydrogen-bond acceptors (Lipinski definition) is 7. The number of aryl methyl sites for hydroxylation is 1. The van der Waals surface area contributed by atoms with Crippen molar-refractivity contribution in [1.29, 1.82) is 0 Å². The van der Waals surface area contributed by atoms with E-state index in [0.29, 0.717) is 13.0 Å². The van der Waals surface area contributed by atoms with Crippen molar-refractivity contribution in [3.05, 3.63) is 50.6 Å². The number of nitrogens with one attached hydrogen (secondary N) is 1. The fourth-order valence-corrected chi connectivity index (χ4v) is 3.33. The molecule has 1 aromatic carbocycles. The molecule has 11 heteroatoms. The highest BCUT2D eigenvalue weighted by molar-refractivity contribution is 9.10. The minimum absolute atomic E-state index is 0.0875. The molecule has 0 fully saturated rings.